The third-order valence-corrected chi connectivity index (χ3v) is 2.49. The normalized spacial score (nSPS) is 25.9. The SMILES string of the molecule is CCOC(=O)[C@@H]1CCC[C@@H]1NC(C)=O. The van der Waals surface area contributed by atoms with Gasteiger partial charge in [0, 0.05) is 13.0 Å². The maximum absolute atomic E-state index is 11.5. The van der Waals surface area contributed by atoms with Crippen molar-refractivity contribution in [3.8, 4) is 0 Å². The quantitative estimate of drug-likeness (QED) is 0.686. The lowest BCUT2D eigenvalue weighted by Gasteiger charge is -2.18. The predicted octanol–water partition coefficient (Wildman–Crippen LogP) is 0.854. The molecule has 0 unspecified atom stereocenters. The third-order valence-electron chi connectivity index (χ3n) is 2.49. The number of hydrogen-bond acceptors (Lipinski definition) is 3. The Morgan fingerprint density at radius 2 is 2.14 bits per heavy atom. The molecule has 1 fully saturated rings. The lowest BCUT2D eigenvalue weighted by molar-refractivity contribution is -0.148. The molecule has 1 rings (SSSR count). The van der Waals surface area contributed by atoms with Crippen molar-refractivity contribution in [2.45, 2.75) is 39.2 Å². The summed E-state index contributed by atoms with van der Waals surface area (Å²) in [7, 11) is 0. The van der Waals surface area contributed by atoms with Gasteiger partial charge in [0.1, 0.15) is 0 Å². The fraction of sp³-hybridized carbons (Fsp3) is 0.800. The molecule has 80 valence electrons. The number of amides is 1. The van der Waals surface area contributed by atoms with Crippen LogP contribution in [0.3, 0.4) is 0 Å². The first-order valence-corrected chi connectivity index (χ1v) is 5.09. The summed E-state index contributed by atoms with van der Waals surface area (Å²) in [6.07, 6.45) is 2.68. The van der Waals surface area contributed by atoms with E-state index >= 15 is 0 Å². The Morgan fingerprint density at radius 1 is 1.43 bits per heavy atom. The Morgan fingerprint density at radius 3 is 2.71 bits per heavy atom. The molecule has 2 atom stereocenters. The van der Waals surface area contributed by atoms with E-state index in [0.717, 1.165) is 19.3 Å². The van der Waals surface area contributed by atoms with Gasteiger partial charge in [0.2, 0.25) is 5.91 Å². The lowest BCUT2D eigenvalue weighted by atomic mass is 10.0. The first kappa shape index (κ1) is 11.0. The summed E-state index contributed by atoms with van der Waals surface area (Å²) in [5, 5.41) is 2.79. The highest BCUT2D eigenvalue weighted by Gasteiger charge is 2.34. The number of esters is 1. The first-order valence-electron chi connectivity index (χ1n) is 5.09. The average molecular weight is 199 g/mol. The number of hydrogen-bond donors (Lipinski definition) is 1. The van der Waals surface area contributed by atoms with Crippen LogP contribution in [-0.2, 0) is 14.3 Å². The van der Waals surface area contributed by atoms with Gasteiger partial charge in [-0.3, -0.25) is 9.59 Å². The van der Waals surface area contributed by atoms with Crippen LogP contribution in [0.1, 0.15) is 33.1 Å². The number of carbonyl (C=O) groups excluding carboxylic acids is 2. The number of carbonyl (C=O) groups is 2. The molecule has 4 nitrogen and oxygen atoms in total. The molecule has 14 heavy (non-hydrogen) atoms. The van der Waals surface area contributed by atoms with Gasteiger partial charge in [-0.15, -0.1) is 0 Å². The summed E-state index contributed by atoms with van der Waals surface area (Å²) in [4.78, 5) is 22.3. The summed E-state index contributed by atoms with van der Waals surface area (Å²) in [6, 6.07) is -0.0217. The van der Waals surface area contributed by atoms with Crippen LogP contribution in [0, 0.1) is 5.92 Å². The second-order valence-corrected chi connectivity index (χ2v) is 3.60. The molecule has 0 spiro atoms. The third kappa shape index (κ3) is 2.72. The molecule has 0 aromatic rings. The molecule has 0 aliphatic heterocycles. The molecule has 1 N–H and O–H groups in total. The fourth-order valence-corrected chi connectivity index (χ4v) is 1.93. The summed E-state index contributed by atoms with van der Waals surface area (Å²) in [6.45, 7) is 3.67. The van der Waals surface area contributed by atoms with Crippen LogP contribution in [0.15, 0.2) is 0 Å². The zero-order valence-corrected chi connectivity index (χ0v) is 8.71. The van der Waals surface area contributed by atoms with Crippen molar-refractivity contribution in [2.75, 3.05) is 6.61 Å². The molecule has 0 aromatic heterocycles. The Labute approximate surface area is 84.0 Å². The van der Waals surface area contributed by atoms with Crippen molar-refractivity contribution >= 4 is 11.9 Å². The van der Waals surface area contributed by atoms with E-state index in [4.69, 9.17) is 4.74 Å². The Kier molecular flexibility index (Phi) is 3.92. The van der Waals surface area contributed by atoms with Crippen LogP contribution >= 0.6 is 0 Å². The van der Waals surface area contributed by atoms with E-state index in [9.17, 15) is 9.59 Å². The molecule has 1 amide bonds. The second kappa shape index (κ2) is 4.98. The van der Waals surface area contributed by atoms with E-state index in [2.05, 4.69) is 5.32 Å². The molecular weight excluding hydrogens is 182 g/mol. The van der Waals surface area contributed by atoms with Crippen molar-refractivity contribution in [3.63, 3.8) is 0 Å². The fourth-order valence-electron chi connectivity index (χ4n) is 1.93. The maximum atomic E-state index is 11.5. The van der Waals surface area contributed by atoms with Gasteiger partial charge in [0.25, 0.3) is 0 Å². The van der Waals surface area contributed by atoms with Gasteiger partial charge in [-0.25, -0.2) is 0 Å². The van der Waals surface area contributed by atoms with Crippen LogP contribution in [0.2, 0.25) is 0 Å². The van der Waals surface area contributed by atoms with Gasteiger partial charge in [-0.2, -0.15) is 0 Å². The minimum absolute atomic E-state index is 0.0217. The predicted molar refractivity (Wildman–Crippen MR) is 51.6 cm³/mol. The van der Waals surface area contributed by atoms with E-state index in [1.54, 1.807) is 6.92 Å². The highest BCUT2D eigenvalue weighted by atomic mass is 16.5. The van der Waals surface area contributed by atoms with Crippen LogP contribution in [0.5, 0.6) is 0 Å². The Bertz CT molecular complexity index is 227. The molecule has 0 bridgehead atoms. The van der Waals surface area contributed by atoms with Crippen molar-refractivity contribution in [3.05, 3.63) is 0 Å². The smallest absolute Gasteiger partial charge is 0.311 e. The molecule has 1 aliphatic carbocycles. The van der Waals surface area contributed by atoms with Crippen LogP contribution in [0.25, 0.3) is 0 Å². The topological polar surface area (TPSA) is 55.4 Å². The number of ether oxygens (including phenoxy) is 1. The summed E-state index contributed by atoms with van der Waals surface area (Å²) in [5.41, 5.74) is 0. The van der Waals surface area contributed by atoms with Gasteiger partial charge in [0.05, 0.1) is 12.5 Å². The molecule has 0 saturated heterocycles. The van der Waals surface area contributed by atoms with Gasteiger partial charge in [-0.05, 0) is 19.8 Å². The maximum Gasteiger partial charge on any atom is 0.311 e. The van der Waals surface area contributed by atoms with Gasteiger partial charge in [0.15, 0.2) is 0 Å². The molecule has 0 heterocycles. The van der Waals surface area contributed by atoms with Crippen molar-refractivity contribution in [1.29, 1.82) is 0 Å². The highest BCUT2D eigenvalue weighted by molar-refractivity contribution is 5.77. The Hall–Kier alpha value is -1.06. The molecule has 0 radical (unpaired) electrons. The van der Waals surface area contributed by atoms with E-state index in [-0.39, 0.29) is 23.8 Å². The molecule has 4 heteroatoms. The summed E-state index contributed by atoms with van der Waals surface area (Å²) >= 11 is 0. The lowest BCUT2D eigenvalue weighted by Crippen LogP contribution is -2.39. The number of rotatable bonds is 3. The highest BCUT2D eigenvalue weighted by Crippen LogP contribution is 2.26. The van der Waals surface area contributed by atoms with E-state index in [0.29, 0.717) is 6.61 Å². The molecule has 1 saturated carbocycles. The second-order valence-electron chi connectivity index (χ2n) is 3.60. The minimum atomic E-state index is -0.177. The monoisotopic (exact) mass is 199 g/mol. The van der Waals surface area contributed by atoms with E-state index in [1.807, 2.05) is 0 Å². The number of nitrogens with one attached hydrogen (secondary N) is 1. The summed E-state index contributed by atoms with van der Waals surface area (Å²) in [5.74, 6) is -0.395. The Balaban J connectivity index is 2.50. The zero-order valence-electron chi connectivity index (χ0n) is 8.71. The first-order chi connectivity index (χ1) is 6.65. The van der Waals surface area contributed by atoms with Crippen molar-refractivity contribution < 1.29 is 14.3 Å². The van der Waals surface area contributed by atoms with E-state index in [1.165, 1.54) is 6.92 Å². The molecule has 1 aliphatic rings. The largest absolute Gasteiger partial charge is 0.466 e. The van der Waals surface area contributed by atoms with Crippen molar-refractivity contribution in [2.24, 2.45) is 5.92 Å². The minimum Gasteiger partial charge on any atom is -0.466 e. The van der Waals surface area contributed by atoms with Crippen molar-refractivity contribution in [1.82, 2.24) is 5.32 Å². The molecule has 0 aromatic carbocycles. The average Bonchev–Trinajstić information content (AvgIpc) is 2.51. The van der Waals surface area contributed by atoms with Gasteiger partial charge < -0.3 is 10.1 Å². The van der Waals surface area contributed by atoms with Gasteiger partial charge >= 0.3 is 5.97 Å². The summed E-state index contributed by atoms with van der Waals surface area (Å²) < 4.78 is 4.95. The van der Waals surface area contributed by atoms with Crippen LogP contribution in [0.4, 0.5) is 0 Å². The van der Waals surface area contributed by atoms with Gasteiger partial charge in [-0.1, -0.05) is 6.42 Å². The van der Waals surface area contributed by atoms with Crippen LogP contribution < -0.4 is 5.32 Å². The standard InChI is InChI=1S/C10H17NO3/c1-3-14-10(13)8-5-4-6-9(8)11-7(2)12/h8-9H,3-6H2,1-2H3,(H,11,12)/t8-,9+/m1/s1. The van der Waals surface area contributed by atoms with E-state index < -0.39 is 0 Å². The zero-order chi connectivity index (χ0) is 10.6. The van der Waals surface area contributed by atoms with Crippen LogP contribution in [-0.4, -0.2) is 24.5 Å². The molecular formula is C10H17NO3.